The molecule has 3 nitrogen and oxygen atoms in total. The molecule has 0 saturated carbocycles. The van der Waals surface area contributed by atoms with Gasteiger partial charge in [-0.15, -0.1) is 0 Å². The van der Waals surface area contributed by atoms with E-state index in [1.807, 2.05) is 36.7 Å². The molecule has 2 aromatic heterocycles. The van der Waals surface area contributed by atoms with E-state index < -0.39 is 0 Å². The number of allylic oxidation sites excluding steroid dienone is 4. The molecule has 0 spiro atoms. The molecule has 2 heterocycles. The molecule has 0 fully saturated rings. The van der Waals surface area contributed by atoms with E-state index in [9.17, 15) is 0 Å². The minimum absolute atomic E-state index is 0.253. The maximum absolute atomic E-state index is 5.16. The molecule has 0 radical (unpaired) electrons. The fraction of sp³-hybridized carbons (Fsp3) is 0.0750. The molecule has 3 heteroatoms. The minimum Gasteiger partial charge on any atom is -0.264 e. The van der Waals surface area contributed by atoms with Gasteiger partial charge in [-0.25, -0.2) is 9.97 Å². The van der Waals surface area contributed by atoms with Gasteiger partial charge in [0.1, 0.15) is 0 Å². The van der Waals surface area contributed by atoms with Crippen LogP contribution in [0.5, 0.6) is 0 Å². The summed E-state index contributed by atoms with van der Waals surface area (Å²) in [5, 5.41) is 0. The standard InChI is InChI=1S/C40H29N3/c1-5-13-28(14-6-1)37-26-38(43-39(42-37)29-15-7-2-8-16-29)30-21-22-33-34-27-41-24-23-35(34)40(36(33)25-30,31-17-9-3-10-18-31)32-19-11-4-12-20-32/h1-19,21-27,32H,20H2. The smallest absolute Gasteiger partial charge is 0.160 e. The highest BCUT2D eigenvalue weighted by Gasteiger charge is 2.49. The van der Waals surface area contributed by atoms with Gasteiger partial charge in [0, 0.05) is 34.6 Å². The summed E-state index contributed by atoms with van der Waals surface area (Å²) in [4.78, 5) is 14.8. The average molecular weight is 552 g/mol. The second-order valence-corrected chi connectivity index (χ2v) is 11.2. The first-order valence-corrected chi connectivity index (χ1v) is 14.8. The Morgan fingerprint density at radius 2 is 1.28 bits per heavy atom. The van der Waals surface area contributed by atoms with Crippen molar-refractivity contribution < 1.29 is 0 Å². The first kappa shape index (κ1) is 25.3. The second kappa shape index (κ2) is 10.5. The van der Waals surface area contributed by atoms with Crippen LogP contribution < -0.4 is 0 Å². The van der Waals surface area contributed by atoms with Crippen LogP contribution in [0.25, 0.3) is 45.0 Å². The molecule has 2 unspecified atom stereocenters. The summed E-state index contributed by atoms with van der Waals surface area (Å²) in [6, 6.07) is 42.8. The molecule has 0 aliphatic heterocycles. The van der Waals surface area contributed by atoms with Crippen LogP contribution in [0.4, 0.5) is 0 Å². The first-order chi connectivity index (χ1) is 21.3. The Kier molecular flexibility index (Phi) is 6.15. The van der Waals surface area contributed by atoms with Crippen LogP contribution in [0.3, 0.4) is 0 Å². The van der Waals surface area contributed by atoms with E-state index in [-0.39, 0.29) is 11.3 Å². The van der Waals surface area contributed by atoms with Gasteiger partial charge in [-0.3, -0.25) is 4.98 Å². The SMILES string of the molecule is C1=CCC(C2(c3ccccc3)c3ccncc3-c3ccc(-c4cc(-c5ccccc5)nc(-c5ccccc5)n4)cc32)C=C1. The van der Waals surface area contributed by atoms with Crippen LogP contribution in [0.1, 0.15) is 23.1 Å². The lowest BCUT2D eigenvalue weighted by atomic mass is 9.62. The molecule has 2 aliphatic carbocycles. The van der Waals surface area contributed by atoms with Gasteiger partial charge in [0.15, 0.2) is 5.82 Å². The van der Waals surface area contributed by atoms with Gasteiger partial charge in [0.05, 0.1) is 16.8 Å². The predicted octanol–water partition coefficient (Wildman–Crippen LogP) is 9.32. The lowest BCUT2D eigenvalue weighted by Gasteiger charge is -2.39. The summed E-state index contributed by atoms with van der Waals surface area (Å²) in [7, 11) is 0. The number of rotatable bonds is 5. The molecular weight excluding hydrogens is 522 g/mol. The summed E-state index contributed by atoms with van der Waals surface area (Å²) < 4.78 is 0. The summed E-state index contributed by atoms with van der Waals surface area (Å²) >= 11 is 0. The summed E-state index contributed by atoms with van der Waals surface area (Å²) in [6.45, 7) is 0. The molecule has 6 aromatic rings. The van der Waals surface area contributed by atoms with Gasteiger partial charge >= 0.3 is 0 Å². The zero-order chi connectivity index (χ0) is 28.6. The van der Waals surface area contributed by atoms with Crippen LogP contribution in [0, 0.1) is 5.92 Å². The van der Waals surface area contributed by atoms with Gasteiger partial charge in [-0.1, -0.05) is 127 Å². The van der Waals surface area contributed by atoms with Crippen molar-refractivity contribution in [1.82, 2.24) is 15.0 Å². The first-order valence-electron chi connectivity index (χ1n) is 14.8. The normalized spacial score (nSPS) is 18.3. The molecule has 8 rings (SSSR count). The highest BCUT2D eigenvalue weighted by atomic mass is 14.9. The minimum atomic E-state index is -0.357. The van der Waals surface area contributed by atoms with Crippen molar-refractivity contribution in [1.29, 1.82) is 0 Å². The van der Waals surface area contributed by atoms with Gasteiger partial charge < -0.3 is 0 Å². The van der Waals surface area contributed by atoms with E-state index in [2.05, 4.69) is 126 Å². The zero-order valence-electron chi connectivity index (χ0n) is 23.6. The molecule has 204 valence electrons. The molecular formula is C40H29N3. The Hall–Kier alpha value is -5.41. The van der Waals surface area contributed by atoms with Crippen molar-refractivity contribution in [2.75, 3.05) is 0 Å². The topological polar surface area (TPSA) is 38.7 Å². The van der Waals surface area contributed by atoms with Gasteiger partial charge in [0.2, 0.25) is 0 Å². The Labute approximate surface area is 252 Å². The number of fused-ring (bicyclic) bond motifs is 3. The van der Waals surface area contributed by atoms with Gasteiger partial charge in [-0.05, 0) is 52.8 Å². The largest absolute Gasteiger partial charge is 0.264 e. The third-order valence-corrected chi connectivity index (χ3v) is 8.87. The van der Waals surface area contributed by atoms with Crippen molar-refractivity contribution >= 4 is 0 Å². The molecule has 0 bridgehead atoms. The van der Waals surface area contributed by atoms with Crippen LogP contribution in [0.2, 0.25) is 0 Å². The van der Waals surface area contributed by atoms with Crippen LogP contribution >= 0.6 is 0 Å². The Bertz CT molecular complexity index is 1940. The van der Waals surface area contributed by atoms with Crippen molar-refractivity contribution in [2.24, 2.45) is 5.92 Å². The van der Waals surface area contributed by atoms with Gasteiger partial charge in [-0.2, -0.15) is 0 Å². The second-order valence-electron chi connectivity index (χ2n) is 11.2. The van der Waals surface area contributed by atoms with Crippen molar-refractivity contribution in [3.05, 3.63) is 175 Å². The van der Waals surface area contributed by atoms with E-state index >= 15 is 0 Å². The average Bonchev–Trinajstić information content (AvgIpc) is 3.40. The Morgan fingerprint density at radius 3 is 2.00 bits per heavy atom. The van der Waals surface area contributed by atoms with Crippen molar-refractivity contribution in [3.63, 3.8) is 0 Å². The molecule has 0 amide bonds. The van der Waals surface area contributed by atoms with E-state index in [0.717, 1.165) is 40.3 Å². The lowest BCUT2D eigenvalue weighted by Crippen LogP contribution is -2.35. The maximum atomic E-state index is 5.16. The van der Waals surface area contributed by atoms with Gasteiger partial charge in [0.25, 0.3) is 0 Å². The third-order valence-electron chi connectivity index (χ3n) is 8.87. The number of hydrogen-bond acceptors (Lipinski definition) is 3. The molecule has 4 aromatic carbocycles. The Morgan fingerprint density at radius 1 is 0.581 bits per heavy atom. The molecule has 0 N–H and O–H groups in total. The number of hydrogen-bond donors (Lipinski definition) is 0. The van der Waals surface area contributed by atoms with E-state index in [4.69, 9.17) is 9.97 Å². The van der Waals surface area contributed by atoms with Crippen LogP contribution in [0.15, 0.2) is 158 Å². The van der Waals surface area contributed by atoms with E-state index in [1.54, 1.807) is 0 Å². The fourth-order valence-corrected chi connectivity index (χ4v) is 6.96. The monoisotopic (exact) mass is 551 g/mol. The number of benzene rings is 4. The highest BCUT2D eigenvalue weighted by molar-refractivity contribution is 5.86. The lowest BCUT2D eigenvalue weighted by molar-refractivity contribution is 0.457. The molecule has 0 saturated heterocycles. The van der Waals surface area contributed by atoms with E-state index in [0.29, 0.717) is 0 Å². The predicted molar refractivity (Wildman–Crippen MR) is 174 cm³/mol. The highest BCUT2D eigenvalue weighted by Crippen LogP contribution is 2.58. The third kappa shape index (κ3) is 4.16. The van der Waals surface area contributed by atoms with Crippen molar-refractivity contribution in [3.8, 4) is 45.0 Å². The number of nitrogens with zero attached hydrogens (tertiary/aromatic N) is 3. The quantitative estimate of drug-likeness (QED) is 0.214. The Balaban J connectivity index is 1.38. The summed E-state index contributed by atoms with van der Waals surface area (Å²) in [5.74, 6) is 0.974. The zero-order valence-corrected chi connectivity index (χ0v) is 23.6. The fourth-order valence-electron chi connectivity index (χ4n) is 6.96. The maximum Gasteiger partial charge on any atom is 0.160 e. The summed E-state index contributed by atoms with van der Waals surface area (Å²) in [6.07, 6.45) is 14.0. The van der Waals surface area contributed by atoms with Crippen LogP contribution in [-0.4, -0.2) is 15.0 Å². The molecule has 2 atom stereocenters. The van der Waals surface area contributed by atoms with E-state index in [1.165, 1.54) is 27.8 Å². The number of pyridine rings is 1. The van der Waals surface area contributed by atoms with Crippen LogP contribution in [-0.2, 0) is 5.41 Å². The molecule has 43 heavy (non-hydrogen) atoms. The summed E-state index contributed by atoms with van der Waals surface area (Å²) in [5.41, 5.74) is 10.9. The van der Waals surface area contributed by atoms with Crippen molar-refractivity contribution in [2.45, 2.75) is 11.8 Å². The number of aromatic nitrogens is 3. The molecule has 2 aliphatic rings.